The van der Waals surface area contributed by atoms with E-state index in [0.29, 0.717) is 29.8 Å². The monoisotopic (exact) mass is 444 g/mol. The lowest BCUT2D eigenvalue weighted by molar-refractivity contribution is -0.140. The lowest BCUT2D eigenvalue weighted by Gasteiger charge is -2.32. The average Bonchev–Trinajstić information content (AvgIpc) is 2.66. The number of carbonyl (C=O) groups is 1. The number of hydrogen-bond donors (Lipinski definition) is 2. The van der Waals surface area contributed by atoms with Gasteiger partial charge in [0, 0.05) is 38.6 Å². The Morgan fingerprint density at radius 2 is 1.79 bits per heavy atom. The summed E-state index contributed by atoms with van der Waals surface area (Å²) in [6, 6.07) is -0.146. The molecule has 1 aliphatic heterocycles. The van der Waals surface area contributed by atoms with Crippen LogP contribution in [-0.4, -0.2) is 69.5 Å². The van der Waals surface area contributed by atoms with Crippen molar-refractivity contribution in [3.8, 4) is 0 Å². The van der Waals surface area contributed by atoms with Gasteiger partial charge in [-0.05, 0) is 32.6 Å². The number of unbranched alkanes of at least 4 members (excludes halogenated alkanes) is 3. The highest BCUT2D eigenvalue weighted by Gasteiger charge is 2.50. The van der Waals surface area contributed by atoms with Crippen molar-refractivity contribution in [3.05, 3.63) is 0 Å². The van der Waals surface area contributed by atoms with Crippen molar-refractivity contribution in [1.82, 2.24) is 14.9 Å². The van der Waals surface area contributed by atoms with Gasteiger partial charge >= 0.3 is 21.5 Å². The van der Waals surface area contributed by atoms with Crippen molar-refractivity contribution in [2.45, 2.75) is 63.4 Å². The van der Waals surface area contributed by atoms with Crippen molar-refractivity contribution in [1.29, 1.82) is 0 Å². The minimum Gasteiger partial charge on any atom is -0.469 e. The van der Waals surface area contributed by atoms with Gasteiger partial charge in [0.05, 0.1) is 7.11 Å². The Balaban J connectivity index is 2.39. The molecule has 0 aromatic rings. The summed E-state index contributed by atoms with van der Waals surface area (Å²) in [4.78, 5) is 15.5. The number of nitrogens with zero attached hydrogens (tertiary/aromatic N) is 2. The molecular weight excluding hydrogens is 413 g/mol. The largest absolute Gasteiger partial charge is 0.511 e. The number of hydrogen-bond acceptors (Lipinski definition) is 5. The molecule has 0 atom stereocenters. The van der Waals surface area contributed by atoms with Crippen molar-refractivity contribution in [2.24, 2.45) is 4.99 Å². The van der Waals surface area contributed by atoms with Crippen LogP contribution in [0.2, 0.25) is 0 Å². The van der Waals surface area contributed by atoms with Crippen molar-refractivity contribution < 1.29 is 31.1 Å². The zero-order valence-electron chi connectivity index (χ0n) is 16.9. The molecule has 0 bridgehead atoms. The number of guanidine groups is 1. The van der Waals surface area contributed by atoms with Crippen LogP contribution in [0.25, 0.3) is 0 Å². The lowest BCUT2D eigenvalue weighted by Crippen LogP contribution is -2.51. The van der Waals surface area contributed by atoms with Crippen LogP contribution in [-0.2, 0) is 19.6 Å². The van der Waals surface area contributed by atoms with Crippen LogP contribution in [0.3, 0.4) is 0 Å². The number of sulfonamides is 1. The third kappa shape index (κ3) is 8.77. The molecule has 0 spiro atoms. The molecule has 1 saturated heterocycles. The number of ether oxygens (including phenoxy) is 1. The zero-order valence-corrected chi connectivity index (χ0v) is 17.7. The second-order valence-electron chi connectivity index (χ2n) is 6.77. The maximum absolute atomic E-state index is 12.6. The molecule has 0 aromatic carbocycles. The maximum Gasteiger partial charge on any atom is 0.511 e. The molecule has 29 heavy (non-hydrogen) atoms. The molecule has 8 nitrogen and oxygen atoms in total. The molecule has 170 valence electrons. The number of methoxy groups -OCH3 is 1. The Morgan fingerprint density at radius 1 is 1.17 bits per heavy atom. The molecule has 0 saturated carbocycles. The average molecular weight is 445 g/mol. The van der Waals surface area contributed by atoms with Gasteiger partial charge in [-0.3, -0.25) is 9.79 Å². The van der Waals surface area contributed by atoms with E-state index in [1.165, 1.54) is 7.11 Å². The maximum atomic E-state index is 12.6. The summed E-state index contributed by atoms with van der Waals surface area (Å²) in [7, 11) is -3.90. The molecular formula is C17H31F3N4O4S. The Kier molecular flexibility index (Phi) is 10.7. The Labute approximate surface area is 170 Å². The number of piperidine rings is 1. The van der Waals surface area contributed by atoms with Gasteiger partial charge in [-0.15, -0.1) is 0 Å². The predicted molar refractivity (Wildman–Crippen MR) is 104 cm³/mol. The Bertz CT molecular complexity index is 633. The molecule has 1 heterocycles. The van der Waals surface area contributed by atoms with Crippen LogP contribution in [0.5, 0.6) is 0 Å². The molecule has 0 amide bonds. The van der Waals surface area contributed by atoms with E-state index in [4.69, 9.17) is 0 Å². The van der Waals surface area contributed by atoms with E-state index in [0.717, 1.165) is 25.7 Å². The van der Waals surface area contributed by atoms with Crippen molar-refractivity contribution >= 4 is 22.0 Å². The van der Waals surface area contributed by atoms with E-state index in [2.05, 4.69) is 20.4 Å². The first-order valence-electron chi connectivity index (χ1n) is 9.80. The fourth-order valence-corrected chi connectivity index (χ4v) is 3.91. The Morgan fingerprint density at radius 3 is 2.34 bits per heavy atom. The van der Waals surface area contributed by atoms with Crippen LogP contribution in [0, 0.1) is 0 Å². The molecule has 0 unspecified atom stereocenters. The van der Waals surface area contributed by atoms with E-state index < -0.39 is 15.5 Å². The number of carbonyl (C=O) groups excluding carboxylic acids is 1. The van der Waals surface area contributed by atoms with E-state index in [1.807, 2.05) is 6.92 Å². The van der Waals surface area contributed by atoms with Gasteiger partial charge in [0.25, 0.3) is 0 Å². The second kappa shape index (κ2) is 12.2. The highest BCUT2D eigenvalue weighted by Crippen LogP contribution is 2.28. The standard InChI is InChI=1S/C17H31F3N4O4S/c1-3-21-16(22-11-7-5-4-6-8-15(25)28-2)23-14-9-12-24(13-10-14)29(26,27)17(18,19)20/h14H,3-13H2,1-2H3,(H2,21,22,23). The number of alkyl halides is 3. The number of rotatable bonds is 10. The molecule has 1 aliphatic rings. The normalized spacial score (nSPS) is 17.2. The van der Waals surface area contributed by atoms with Crippen molar-refractivity contribution in [2.75, 3.05) is 33.3 Å². The smallest absolute Gasteiger partial charge is 0.469 e. The topological polar surface area (TPSA) is 100 Å². The first kappa shape index (κ1) is 25.5. The highest BCUT2D eigenvalue weighted by molar-refractivity contribution is 7.90. The molecule has 1 fully saturated rings. The summed E-state index contributed by atoms with van der Waals surface area (Å²) in [5.74, 6) is 0.356. The van der Waals surface area contributed by atoms with Crippen LogP contribution in [0.1, 0.15) is 51.9 Å². The number of nitrogens with one attached hydrogen (secondary N) is 2. The molecule has 0 radical (unpaired) electrons. The third-order valence-corrected chi connectivity index (χ3v) is 6.19. The van der Waals surface area contributed by atoms with Crippen molar-refractivity contribution in [3.63, 3.8) is 0 Å². The molecule has 1 rings (SSSR count). The number of esters is 1. The van der Waals surface area contributed by atoms with Gasteiger partial charge in [0.15, 0.2) is 5.96 Å². The van der Waals surface area contributed by atoms with Gasteiger partial charge in [-0.2, -0.15) is 17.5 Å². The van der Waals surface area contributed by atoms with E-state index in [1.54, 1.807) is 0 Å². The first-order valence-corrected chi connectivity index (χ1v) is 11.2. The fourth-order valence-electron chi connectivity index (χ4n) is 2.93. The minimum absolute atomic E-state index is 0.146. The van der Waals surface area contributed by atoms with E-state index in [9.17, 15) is 26.4 Å². The molecule has 2 N–H and O–H groups in total. The molecule has 12 heteroatoms. The van der Waals surface area contributed by atoms with Gasteiger partial charge in [0.1, 0.15) is 0 Å². The second-order valence-corrected chi connectivity index (χ2v) is 8.70. The van der Waals surface area contributed by atoms with Gasteiger partial charge < -0.3 is 15.4 Å². The van der Waals surface area contributed by atoms with Crippen LogP contribution >= 0.6 is 0 Å². The number of halogens is 3. The first-order chi connectivity index (χ1) is 13.6. The summed E-state index contributed by atoms with van der Waals surface area (Å²) >= 11 is 0. The predicted octanol–water partition coefficient (Wildman–Crippen LogP) is 1.98. The SMILES string of the molecule is CCNC(=NCCCCCCC(=O)OC)NC1CCN(S(=O)(=O)C(F)(F)F)CC1. The highest BCUT2D eigenvalue weighted by atomic mass is 32.2. The summed E-state index contributed by atoms with van der Waals surface area (Å²) in [6.45, 7) is 2.75. The van der Waals surface area contributed by atoms with Crippen LogP contribution in [0.4, 0.5) is 13.2 Å². The molecule has 0 aliphatic carbocycles. The Hall–Kier alpha value is -1.56. The quantitative estimate of drug-likeness (QED) is 0.231. The summed E-state index contributed by atoms with van der Waals surface area (Å²) in [5.41, 5.74) is -5.26. The fraction of sp³-hybridized carbons (Fsp3) is 0.882. The summed E-state index contributed by atoms with van der Waals surface area (Å²) < 4.78 is 65.9. The lowest BCUT2D eigenvalue weighted by atomic mass is 10.1. The van der Waals surface area contributed by atoms with Gasteiger partial charge in [-0.1, -0.05) is 12.8 Å². The summed E-state index contributed by atoms with van der Waals surface area (Å²) in [5, 5.41) is 6.25. The van der Waals surface area contributed by atoms with E-state index in [-0.39, 0.29) is 37.9 Å². The van der Waals surface area contributed by atoms with Crippen LogP contribution in [0.15, 0.2) is 4.99 Å². The number of aliphatic imine (C=N–C) groups is 1. The van der Waals surface area contributed by atoms with E-state index >= 15 is 0 Å². The third-order valence-electron chi connectivity index (χ3n) is 4.56. The van der Waals surface area contributed by atoms with Gasteiger partial charge in [0.2, 0.25) is 0 Å². The zero-order chi connectivity index (χ0) is 21.9. The van der Waals surface area contributed by atoms with Crippen LogP contribution < -0.4 is 10.6 Å². The summed E-state index contributed by atoms with van der Waals surface area (Å²) in [6.07, 6.45) is 4.40. The van der Waals surface area contributed by atoms with Gasteiger partial charge in [-0.25, -0.2) is 8.42 Å². The molecule has 0 aromatic heterocycles. The minimum atomic E-state index is -5.26.